The van der Waals surface area contributed by atoms with Crippen molar-refractivity contribution in [2.75, 3.05) is 32.9 Å². The second-order valence-corrected chi connectivity index (χ2v) is 7.45. The fourth-order valence-electron chi connectivity index (χ4n) is 2.56. The van der Waals surface area contributed by atoms with Crippen LogP contribution in [-0.2, 0) is 19.5 Å². The van der Waals surface area contributed by atoms with Gasteiger partial charge in [-0.05, 0) is 24.3 Å². The summed E-state index contributed by atoms with van der Waals surface area (Å²) in [6, 6.07) is 7.65. The zero-order valence-corrected chi connectivity index (χ0v) is 14.2. The molecule has 0 saturated carbocycles. The molecule has 2 heterocycles. The molecule has 0 radical (unpaired) electrons. The molecule has 1 aromatic carbocycles. The summed E-state index contributed by atoms with van der Waals surface area (Å²) in [5.41, 5.74) is 0.668. The van der Waals surface area contributed by atoms with Crippen LogP contribution < -0.4 is 5.32 Å². The average molecular weight is 363 g/mol. The molecule has 3 rings (SSSR count). The maximum absolute atomic E-state index is 12.5. The highest BCUT2D eigenvalue weighted by Gasteiger charge is 2.26. The highest BCUT2D eigenvalue weighted by molar-refractivity contribution is 7.89. The predicted octanol–water partition coefficient (Wildman–Crippen LogP) is 0.593. The van der Waals surface area contributed by atoms with Crippen molar-refractivity contribution in [2.24, 2.45) is 0 Å². The Kier molecular flexibility index (Phi) is 5.03. The number of morpholine rings is 1. The fourth-order valence-corrected chi connectivity index (χ4v) is 3.97. The molecular formula is C16H17N3O5S. The monoisotopic (exact) mass is 363 g/mol. The van der Waals surface area contributed by atoms with Crippen LogP contribution in [0.15, 0.2) is 40.6 Å². The Morgan fingerprint density at radius 1 is 1.16 bits per heavy atom. The second kappa shape index (κ2) is 7.23. The van der Waals surface area contributed by atoms with Crippen LogP contribution in [0, 0.1) is 11.3 Å². The first-order valence-corrected chi connectivity index (χ1v) is 9.22. The van der Waals surface area contributed by atoms with E-state index in [0.717, 1.165) is 0 Å². The minimum Gasteiger partial charge on any atom is -0.478 e. The Morgan fingerprint density at radius 3 is 2.48 bits per heavy atom. The van der Waals surface area contributed by atoms with Crippen LogP contribution in [-0.4, -0.2) is 51.5 Å². The summed E-state index contributed by atoms with van der Waals surface area (Å²) in [7, 11) is -3.60. The Labute approximate surface area is 145 Å². The standard InChI is InChI=1S/C16H17N3O5S/c17-11-13-5-8-24-16(13)18-15(20)12-1-3-14(4-2-12)25(21,22)19-6-9-23-10-7-19/h1-4H,5-10H2,(H,18,20). The summed E-state index contributed by atoms with van der Waals surface area (Å²) < 4.78 is 36.8. The van der Waals surface area contributed by atoms with Gasteiger partial charge < -0.3 is 9.47 Å². The fraction of sp³-hybridized carbons (Fsp3) is 0.375. The average Bonchev–Trinajstić information content (AvgIpc) is 3.09. The van der Waals surface area contributed by atoms with E-state index in [4.69, 9.17) is 14.7 Å². The van der Waals surface area contributed by atoms with E-state index in [-0.39, 0.29) is 16.3 Å². The summed E-state index contributed by atoms with van der Waals surface area (Å²) in [5, 5.41) is 11.5. The topological polar surface area (TPSA) is 109 Å². The van der Waals surface area contributed by atoms with Crippen LogP contribution >= 0.6 is 0 Å². The summed E-state index contributed by atoms with van der Waals surface area (Å²) in [6.07, 6.45) is 0.461. The lowest BCUT2D eigenvalue weighted by Crippen LogP contribution is -2.40. The highest BCUT2D eigenvalue weighted by Crippen LogP contribution is 2.19. The molecule has 0 aliphatic carbocycles. The van der Waals surface area contributed by atoms with Crippen molar-refractivity contribution in [1.82, 2.24) is 9.62 Å². The number of nitrogens with zero attached hydrogens (tertiary/aromatic N) is 2. The first-order valence-electron chi connectivity index (χ1n) is 7.78. The Bertz CT molecular complexity index is 834. The van der Waals surface area contributed by atoms with Gasteiger partial charge in [0.2, 0.25) is 15.9 Å². The van der Waals surface area contributed by atoms with Crippen LogP contribution in [0.3, 0.4) is 0 Å². The summed E-state index contributed by atoms with van der Waals surface area (Å²) in [6.45, 7) is 1.72. The number of nitrogens with one attached hydrogen (secondary N) is 1. The van der Waals surface area contributed by atoms with Crippen molar-refractivity contribution in [1.29, 1.82) is 5.26 Å². The molecule has 0 aromatic heterocycles. The lowest BCUT2D eigenvalue weighted by atomic mass is 10.2. The van der Waals surface area contributed by atoms with Crippen molar-refractivity contribution in [3.8, 4) is 6.07 Å². The maximum Gasteiger partial charge on any atom is 0.257 e. The smallest absolute Gasteiger partial charge is 0.257 e. The number of hydrogen-bond acceptors (Lipinski definition) is 6. The third-order valence-corrected chi connectivity index (χ3v) is 5.87. The quantitative estimate of drug-likeness (QED) is 0.839. The molecule has 132 valence electrons. The van der Waals surface area contributed by atoms with Crippen LogP contribution in [0.2, 0.25) is 0 Å². The number of nitriles is 1. The summed E-state index contributed by atoms with van der Waals surface area (Å²) in [4.78, 5) is 12.3. The number of carbonyl (C=O) groups is 1. The molecule has 8 nitrogen and oxygen atoms in total. The molecule has 0 bridgehead atoms. The zero-order chi connectivity index (χ0) is 17.9. The van der Waals surface area contributed by atoms with E-state index in [1.165, 1.54) is 28.6 Å². The number of sulfonamides is 1. The van der Waals surface area contributed by atoms with E-state index in [0.29, 0.717) is 44.9 Å². The molecule has 1 aromatic rings. The lowest BCUT2D eigenvalue weighted by molar-refractivity contribution is 0.0730. The normalized spacial score (nSPS) is 18.5. The van der Waals surface area contributed by atoms with Crippen molar-refractivity contribution >= 4 is 15.9 Å². The molecule has 1 amide bonds. The molecule has 0 atom stereocenters. The number of amides is 1. The Balaban J connectivity index is 1.74. The number of hydrogen-bond donors (Lipinski definition) is 1. The van der Waals surface area contributed by atoms with Gasteiger partial charge in [0, 0.05) is 25.1 Å². The Hall–Kier alpha value is -2.41. The van der Waals surface area contributed by atoms with E-state index < -0.39 is 15.9 Å². The number of rotatable bonds is 4. The van der Waals surface area contributed by atoms with Gasteiger partial charge in [0.15, 0.2) is 0 Å². The first kappa shape index (κ1) is 17.4. The molecule has 2 aliphatic rings. The van der Waals surface area contributed by atoms with Gasteiger partial charge >= 0.3 is 0 Å². The van der Waals surface area contributed by atoms with Gasteiger partial charge in [-0.3, -0.25) is 10.1 Å². The van der Waals surface area contributed by atoms with Gasteiger partial charge in [0.1, 0.15) is 6.07 Å². The molecule has 9 heteroatoms. The highest BCUT2D eigenvalue weighted by atomic mass is 32.2. The van der Waals surface area contributed by atoms with Crippen LogP contribution in [0.5, 0.6) is 0 Å². The molecule has 0 spiro atoms. The molecule has 1 N–H and O–H groups in total. The lowest BCUT2D eigenvalue weighted by Gasteiger charge is -2.26. The van der Waals surface area contributed by atoms with E-state index in [1.807, 2.05) is 6.07 Å². The van der Waals surface area contributed by atoms with Gasteiger partial charge in [-0.15, -0.1) is 0 Å². The van der Waals surface area contributed by atoms with E-state index in [1.54, 1.807) is 0 Å². The van der Waals surface area contributed by atoms with Crippen LogP contribution in [0.25, 0.3) is 0 Å². The largest absolute Gasteiger partial charge is 0.478 e. The second-order valence-electron chi connectivity index (χ2n) is 5.51. The molecule has 25 heavy (non-hydrogen) atoms. The van der Waals surface area contributed by atoms with Gasteiger partial charge in [-0.1, -0.05) is 0 Å². The SMILES string of the molecule is N#CC1=C(NC(=O)c2ccc(S(=O)(=O)N3CCOCC3)cc2)OCC1. The third kappa shape index (κ3) is 3.66. The molecular weight excluding hydrogens is 346 g/mol. The molecule has 0 unspecified atom stereocenters. The van der Waals surface area contributed by atoms with E-state index in [9.17, 15) is 13.2 Å². The number of carbonyl (C=O) groups excluding carboxylic acids is 1. The van der Waals surface area contributed by atoms with Gasteiger partial charge in [0.25, 0.3) is 5.91 Å². The predicted molar refractivity (Wildman–Crippen MR) is 86.7 cm³/mol. The van der Waals surface area contributed by atoms with E-state index in [2.05, 4.69) is 5.32 Å². The number of ether oxygens (including phenoxy) is 2. The van der Waals surface area contributed by atoms with Crippen molar-refractivity contribution in [3.63, 3.8) is 0 Å². The van der Waals surface area contributed by atoms with E-state index >= 15 is 0 Å². The van der Waals surface area contributed by atoms with Crippen molar-refractivity contribution in [2.45, 2.75) is 11.3 Å². The zero-order valence-electron chi connectivity index (χ0n) is 13.4. The molecule has 1 saturated heterocycles. The van der Waals surface area contributed by atoms with Gasteiger partial charge in [-0.25, -0.2) is 8.42 Å². The van der Waals surface area contributed by atoms with Crippen LogP contribution in [0.1, 0.15) is 16.8 Å². The van der Waals surface area contributed by atoms with Crippen molar-refractivity contribution in [3.05, 3.63) is 41.3 Å². The van der Waals surface area contributed by atoms with Gasteiger partial charge in [-0.2, -0.15) is 9.57 Å². The summed E-state index contributed by atoms with van der Waals surface area (Å²) in [5.74, 6) is -0.294. The summed E-state index contributed by atoms with van der Waals surface area (Å²) >= 11 is 0. The molecule has 1 fully saturated rings. The maximum atomic E-state index is 12.5. The first-order chi connectivity index (χ1) is 12.0. The number of benzene rings is 1. The minimum absolute atomic E-state index is 0.125. The Morgan fingerprint density at radius 2 is 1.84 bits per heavy atom. The van der Waals surface area contributed by atoms with Crippen molar-refractivity contribution < 1.29 is 22.7 Å². The van der Waals surface area contributed by atoms with Crippen LogP contribution in [0.4, 0.5) is 0 Å². The minimum atomic E-state index is -3.60. The third-order valence-electron chi connectivity index (χ3n) is 3.96. The van der Waals surface area contributed by atoms with Gasteiger partial charge in [0.05, 0.1) is 30.3 Å². The molecule has 2 aliphatic heterocycles.